The fourth-order valence-electron chi connectivity index (χ4n) is 3.48. The topological polar surface area (TPSA) is 130 Å². The third-order valence-electron chi connectivity index (χ3n) is 5.07. The predicted octanol–water partition coefficient (Wildman–Crippen LogP) is 3.19. The lowest BCUT2D eigenvalue weighted by atomic mass is 10.0. The van der Waals surface area contributed by atoms with Crippen LogP contribution in [-0.2, 0) is 16.9 Å². The van der Waals surface area contributed by atoms with E-state index in [1.165, 1.54) is 6.20 Å². The number of H-pyrrole nitrogens is 1. The van der Waals surface area contributed by atoms with Gasteiger partial charge in [-0.1, -0.05) is 17.2 Å². The number of aromatic amines is 1. The average Bonchev–Trinajstić information content (AvgIpc) is 3.23. The normalized spacial score (nSPS) is 14.4. The number of hydrogen-bond donors (Lipinski definition) is 3. The van der Waals surface area contributed by atoms with E-state index >= 15 is 0 Å². The minimum absolute atomic E-state index is 0.417. The standard InChI is InChI=1S/C21H20N8OS/c1-31(30)12-13-6-17(4-5-18(13)15-9-23-24-10-15)26-19-7-20(27-16-2-3-16)29-21(28-19)14(8-22)11-25-29/h4-7,9-11,16,27H,2-3,12H2,1H3,(H,23,24)(H,26,28). The zero-order valence-corrected chi connectivity index (χ0v) is 17.6. The summed E-state index contributed by atoms with van der Waals surface area (Å²) in [6.07, 6.45) is 9.02. The van der Waals surface area contributed by atoms with Gasteiger partial charge in [-0.25, -0.2) is 4.98 Å². The van der Waals surface area contributed by atoms with Crippen LogP contribution in [0.4, 0.5) is 17.3 Å². The van der Waals surface area contributed by atoms with Gasteiger partial charge in [-0.05, 0) is 30.5 Å². The molecular weight excluding hydrogens is 412 g/mol. The molecule has 1 fully saturated rings. The lowest BCUT2D eigenvalue weighted by Gasteiger charge is -2.14. The molecule has 0 amide bonds. The Labute approximate surface area is 181 Å². The lowest BCUT2D eigenvalue weighted by molar-refractivity contribution is 0.600. The first-order valence-electron chi connectivity index (χ1n) is 9.85. The average molecular weight is 433 g/mol. The molecule has 0 saturated heterocycles. The van der Waals surface area contributed by atoms with Gasteiger partial charge in [-0.3, -0.25) is 5.10 Å². The number of hydrogen-bond acceptors (Lipinski definition) is 7. The van der Waals surface area contributed by atoms with Crippen LogP contribution in [0.3, 0.4) is 0 Å². The summed E-state index contributed by atoms with van der Waals surface area (Å²) in [5.41, 5.74) is 4.61. The molecule has 1 atom stereocenters. The molecule has 3 N–H and O–H groups in total. The second-order valence-electron chi connectivity index (χ2n) is 7.55. The summed E-state index contributed by atoms with van der Waals surface area (Å²) in [4.78, 5) is 4.60. The zero-order chi connectivity index (χ0) is 21.4. The van der Waals surface area contributed by atoms with Gasteiger partial charge in [0.1, 0.15) is 29.0 Å². The first-order chi connectivity index (χ1) is 15.1. The number of rotatable bonds is 7. The summed E-state index contributed by atoms with van der Waals surface area (Å²) in [5.74, 6) is 1.83. The van der Waals surface area contributed by atoms with Crippen LogP contribution in [0.2, 0.25) is 0 Å². The van der Waals surface area contributed by atoms with E-state index in [0.717, 1.165) is 41.0 Å². The molecule has 31 heavy (non-hydrogen) atoms. The van der Waals surface area contributed by atoms with Crippen LogP contribution in [0.15, 0.2) is 42.9 Å². The Bertz CT molecular complexity index is 1270. The van der Waals surface area contributed by atoms with Crippen LogP contribution in [0, 0.1) is 11.3 Å². The molecule has 1 saturated carbocycles. The van der Waals surface area contributed by atoms with Crippen molar-refractivity contribution in [1.82, 2.24) is 24.8 Å². The van der Waals surface area contributed by atoms with Crippen molar-refractivity contribution >= 4 is 34.1 Å². The van der Waals surface area contributed by atoms with Crippen LogP contribution >= 0.6 is 0 Å². The molecular formula is C21H20N8OS. The maximum atomic E-state index is 12.0. The molecule has 0 spiro atoms. The smallest absolute Gasteiger partial charge is 0.177 e. The van der Waals surface area contributed by atoms with E-state index in [1.54, 1.807) is 17.0 Å². The van der Waals surface area contributed by atoms with Gasteiger partial charge < -0.3 is 15.2 Å². The summed E-state index contributed by atoms with van der Waals surface area (Å²) >= 11 is -0.996. The van der Waals surface area contributed by atoms with Crippen molar-refractivity contribution < 1.29 is 4.55 Å². The highest BCUT2D eigenvalue weighted by Gasteiger charge is 2.23. The number of anilines is 3. The van der Waals surface area contributed by atoms with E-state index in [1.807, 2.05) is 30.5 Å². The highest BCUT2D eigenvalue weighted by molar-refractivity contribution is 7.89. The molecule has 4 aromatic rings. The Morgan fingerprint density at radius 1 is 1.32 bits per heavy atom. The number of benzene rings is 1. The third kappa shape index (κ3) is 4.05. The molecule has 1 aliphatic rings. The Kier molecular flexibility index (Phi) is 4.97. The van der Waals surface area contributed by atoms with Crippen LogP contribution in [0.1, 0.15) is 24.0 Å². The lowest BCUT2D eigenvalue weighted by Crippen LogP contribution is -2.09. The Morgan fingerprint density at radius 2 is 2.19 bits per heavy atom. The largest absolute Gasteiger partial charge is 0.616 e. The molecule has 10 heteroatoms. The summed E-state index contributed by atoms with van der Waals surface area (Å²) in [6, 6.07) is 10.4. The second kappa shape index (κ2) is 7.94. The van der Waals surface area contributed by atoms with E-state index < -0.39 is 11.2 Å². The van der Waals surface area contributed by atoms with Gasteiger partial charge in [0.05, 0.1) is 18.6 Å². The summed E-state index contributed by atoms with van der Waals surface area (Å²) in [7, 11) is 0. The van der Waals surface area contributed by atoms with Crippen molar-refractivity contribution in [1.29, 1.82) is 5.26 Å². The summed E-state index contributed by atoms with van der Waals surface area (Å²) in [6.45, 7) is 0. The molecule has 5 rings (SSSR count). The monoisotopic (exact) mass is 432 g/mol. The number of fused-ring (bicyclic) bond motifs is 1. The minimum atomic E-state index is -0.996. The van der Waals surface area contributed by atoms with Crippen molar-refractivity contribution in [2.45, 2.75) is 24.6 Å². The van der Waals surface area contributed by atoms with Gasteiger partial charge in [-0.15, -0.1) is 0 Å². The van der Waals surface area contributed by atoms with Gasteiger partial charge in [0.25, 0.3) is 0 Å². The predicted molar refractivity (Wildman–Crippen MR) is 119 cm³/mol. The van der Waals surface area contributed by atoms with E-state index in [2.05, 4.69) is 37.0 Å². The maximum Gasteiger partial charge on any atom is 0.177 e. The number of nitrogens with one attached hydrogen (secondary N) is 3. The Balaban J connectivity index is 1.52. The fraction of sp³-hybridized carbons (Fsp3) is 0.238. The highest BCUT2D eigenvalue weighted by atomic mass is 32.2. The van der Waals surface area contributed by atoms with Crippen molar-refractivity contribution in [3.05, 3.63) is 54.0 Å². The minimum Gasteiger partial charge on any atom is -0.616 e. The van der Waals surface area contributed by atoms with E-state index in [4.69, 9.17) is 0 Å². The molecule has 9 nitrogen and oxygen atoms in total. The molecule has 1 aromatic carbocycles. The Morgan fingerprint density at radius 3 is 2.90 bits per heavy atom. The van der Waals surface area contributed by atoms with Crippen LogP contribution in [-0.4, -0.2) is 41.6 Å². The zero-order valence-electron chi connectivity index (χ0n) is 16.8. The van der Waals surface area contributed by atoms with Crippen molar-refractivity contribution in [3.8, 4) is 17.2 Å². The van der Waals surface area contributed by atoms with Gasteiger partial charge >= 0.3 is 0 Å². The molecule has 156 valence electrons. The number of nitriles is 1. The Hall–Kier alpha value is -3.55. The number of nitrogens with zero attached hydrogens (tertiary/aromatic N) is 5. The van der Waals surface area contributed by atoms with Crippen molar-refractivity contribution in [3.63, 3.8) is 0 Å². The summed E-state index contributed by atoms with van der Waals surface area (Å²) < 4.78 is 13.6. The first kappa shape index (κ1) is 19.4. The van der Waals surface area contributed by atoms with Gasteiger partial charge in [0.2, 0.25) is 0 Å². The van der Waals surface area contributed by atoms with Crippen LogP contribution in [0.25, 0.3) is 16.8 Å². The second-order valence-corrected chi connectivity index (χ2v) is 8.99. The van der Waals surface area contributed by atoms with Crippen LogP contribution in [0.5, 0.6) is 0 Å². The van der Waals surface area contributed by atoms with E-state index in [-0.39, 0.29) is 0 Å². The highest BCUT2D eigenvalue weighted by Crippen LogP contribution is 2.30. The fourth-order valence-corrected chi connectivity index (χ4v) is 4.16. The molecule has 3 heterocycles. The molecule has 3 aromatic heterocycles. The summed E-state index contributed by atoms with van der Waals surface area (Å²) in [5, 5.41) is 27.3. The van der Waals surface area contributed by atoms with E-state index in [9.17, 15) is 9.81 Å². The first-order valence-corrected chi connectivity index (χ1v) is 11.6. The number of aromatic nitrogens is 5. The molecule has 1 aliphatic carbocycles. The third-order valence-corrected chi connectivity index (χ3v) is 5.78. The van der Waals surface area contributed by atoms with Gasteiger partial charge in [-0.2, -0.15) is 20.0 Å². The molecule has 1 unspecified atom stereocenters. The SMILES string of the molecule is C[S+]([O-])Cc1cc(Nc2cc(NC3CC3)n3ncc(C#N)c3n2)ccc1-c1cn[nH]c1. The maximum absolute atomic E-state index is 12.0. The van der Waals surface area contributed by atoms with Crippen molar-refractivity contribution in [2.24, 2.45) is 0 Å². The molecule has 0 bridgehead atoms. The molecule has 0 radical (unpaired) electrons. The quantitative estimate of drug-likeness (QED) is 0.382. The van der Waals surface area contributed by atoms with E-state index in [0.29, 0.717) is 28.8 Å². The van der Waals surface area contributed by atoms with Gasteiger partial charge in [0.15, 0.2) is 5.65 Å². The molecule has 0 aliphatic heterocycles. The van der Waals surface area contributed by atoms with Crippen LogP contribution < -0.4 is 10.6 Å². The van der Waals surface area contributed by atoms with Crippen molar-refractivity contribution in [2.75, 3.05) is 16.9 Å². The van der Waals surface area contributed by atoms with Gasteiger partial charge in [0, 0.05) is 35.1 Å².